The maximum atomic E-state index is 13.6. The second kappa shape index (κ2) is 53.2. The summed E-state index contributed by atoms with van der Waals surface area (Å²) in [6, 6.07) is -2.97. The number of hydrogen-bond acceptors (Lipinski definition) is 32. The molecule has 6 rings (SSSR count). The maximum Gasteiger partial charge on any atom is 0.220 e. The van der Waals surface area contributed by atoms with E-state index in [9.17, 15) is 102 Å². The van der Waals surface area contributed by atoms with Crippen molar-refractivity contribution in [3.8, 4) is 0 Å². The lowest BCUT2D eigenvalue weighted by molar-refractivity contribution is -0.404. The molecule has 0 radical (unpaired) electrons. The molecule has 6 aliphatic heterocycles. The van der Waals surface area contributed by atoms with Gasteiger partial charge in [0, 0.05) is 13.3 Å². The van der Waals surface area contributed by atoms with Crippen LogP contribution in [0.25, 0.3) is 0 Å². The monoisotopic (exact) mass is 1620 g/mol. The van der Waals surface area contributed by atoms with Crippen molar-refractivity contribution in [1.82, 2.24) is 10.6 Å². The fraction of sp³-hybridized carbons (Fsp3) is 0.949. The van der Waals surface area contributed by atoms with E-state index in [4.69, 9.17) is 56.8 Å². The first-order valence-electron chi connectivity index (χ1n) is 41.8. The van der Waals surface area contributed by atoms with Gasteiger partial charge in [-0.15, -0.1) is 0 Å². The summed E-state index contributed by atoms with van der Waals surface area (Å²) in [6.45, 7) is 1.22. The largest absolute Gasteiger partial charge is 0.394 e. The number of carbonyl (C=O) groups excluding carboxylic acids is 2. The number of ether oxygens (including phenoxy) is 12. The van der Waals surface area contributed by atoms with Crippen LogP contribution in [-0.4, -0.2) is 340 Å². The number of unbranched alkanes of at least 4 members (excludes halogenated alkanes) is 29. The Kier molecular flexibility index (Phi) is 46.7. The van der Waals surface area contributed by atoms with Gasteiger partial charge < -0.3 is 159 Å². The summed E-state index contributed by atoms with van der Waals surface area (Å²) in [6.07, 6.45) is -17.7. The molecule has 0 saturated carbocycles. The van der Waals surface area contributed by atoms with Crippen LogP contribution < -0.4 is 10.6 Å². The van der Waals surface area contributed by atoms with E-state index >= 15 is 0 Å². The molecular formula is C78H142N2O32. The van der Waals surface area contributed by atoms with Gasteiger partial charge in [0.05, 0.1) is 57.9 Å². The van der Waals surface area contributed by atoms with Crippen molar-refractivity contribution in [2.24, 2.45) is 0 Å². The lowest BCUT2D eigenvalue weighted by Crippen LogP contribution is -2.71. The Morgan fingerprint density at radius 2 is 0.732 bits per heavy atom. The Hall–Kier alpha value is -2.52. The molecule has 6 fully saturated rings. The predicted molar refractivity (Wildman–Crippen MR) is 399 cm³/mol. The Labute approximate surface area is 659 Å². The van der Waals surface area contributed by atoms with Gasteiger partial charge in [0.25, 0.3) is 0 Å². The van der Waals surface area contributed by atoms with Crippen LogP contribution >= 0.6 is 0 Å². The highest BCUT2D eigenvalue weighted by atomic mass is 16.8. The molecule has 6 heterocycles. The molecule has 0 aliphatic carbocycles. The number of amides is 2. The molecule has 0 aromatic rings. The van der Waals surface area contributed by atoms with Crippen molar-refractivity contribution in [3.05, 3.63) is 12.2 Å². The molecular weight excluding hydrogens is 1480 g/mol. The Bertz CT molecular complexity index is 2530. The van der Waals surface area contributed by atoms with E-state index in [1.165, 1.54) is 142 Å². The normalized spacial score (nSPS) is 37.3. The van der Waals surface area contributed by atoms with Gasteiger partial charge in [-0.3, -0.25) is 9.59 Å². The van der Waals surface area contributed by atoms with Crippen molar-refractivity contribution in [2.45, 2.75) is 429 Å². The number of allylic oxidation sites excluding steroid dienone is 1. The maximum absolute atomic E-state index is 13.6. The summed E-state index contributed by atoms with van der Waals surface area (Å²) in [5, 5.41) is 206. The summed E-state index contributed by atoms with van der Waals surface area (Å²) < 4.78 is 71.9. The van der Waals surface area contributed by atoms with E-state index in [1.807, 2.05) is 6.08 Å². The zero-order valence-corrected chi connectivity index (χ0v) is 66.3. The minimum absolute atomic E-state index is 0.172. The average molecular weight is 1620 g/mol. The van der Waals surface area contributed by atoms with E-state index < -0.39 is 242 Å². The minimum Gasteiger partial charge on any atom is -0.394 e. The van der Waals surface area contributed by atoms with Gasteiger partial charge in [0.2, 0.25) is 11.8 Å². The Balaban J connectivity index is 1.12. The fourth-order valence-corrected chi connectivity index (χ4v) is 15.3. The molecule has 6 saturated heterocycles. The topological polar surface area (TPSA) is 533 Å². The second-order valence-electron chi connectivity index (χ2n) is 31.3. The van der Waals surface area contributed by atoms with Crippen molar-refractivity contribution in [3.63, 3.8) is 0 Å². The van der Waals surface area contributed by atoms with Gasteiger partial charge >= 0.3 is 0 Å². The lowest BCUT2D eigenvalue weighted by Gasteiger charge is -2.51. The average Bonchev–Trinajstić information content (AvgIpc) is 0.750. The zero-order chi connectivity index (χ0) is 81.8. The Morgan fingerprint density at radius 1 is 0.366 bits per heavy atom. The van der Waals surface area contributed by atoms with Crippen molar-refractivity contribution < 1.29 is 158 Å². The molecule has 0 aromatic heterocycles. The zero-order valence-electron chi connectivity index (χ0n) is 66.3. The highest BCUT2D eigenvalue weighted by Crippen LogP contribution is 2.39. The first kappa shape index (κ1) is 98.3. The van der Waals surface area contributed by atoms with Crippen LogP contribution in [0, 0.1) is 0 Å². The molecule has 2 amide bonds. The first-order valence-corrected chi connectivity index (χ1v) is 41.8. The van der Waals surface area contributed by atoms with Crippen LogP contribution in [0.4, 0.5) is 0 Å². The van der Waals surface area contributed by atoms with E-state index in [0.717, 1.165) is 58.3 Å². The third-order valence-corrected chi connectivity index (χ3v) is 22.3. The van der Waals surface area contributed by atoms with Gasteiger partial charge in [-0.25, -0.2) is 0 Å². The van der Waals surface area contributed by atoms with Gasteiger partial charge in [0.15, 0.2) is 37.7 Å². The Morgan fingerprint density at radius 3 is 1.22 bits per heavy atom. The molecule has 0 aromatic carbocycles. The molecule has 34 nitrogen and oxygen atoms in total. The van der Waals surface area contributed by atoms with Crippen molar-refractivity contribution in [1.29, 1.82) is 0 Å². The highest BCUT2D eigenvalue weighted by Gasteiger charge is 2.59. The minimum atomic E-state index is -2.24. The van der Waals surface area contributed by atoms with E-state index in [0.29, 0.717) is 12.8 Å². The molecule has 656 valence electrons. The van der Waals surface area contributed by atoms with Crippen LogP contribution in [0.15, 0.2) is 12.2 Å². The number of aliphatic hydroxyl groups is 18. The number of carbonyl (C=O) groups is 2. The number of hydrogen-bond donors (Lipinski definition) is 20. The molecule has 6 aliphatic rings. The van der Waals surface area contributed by atoms with E-state index in [2.05, 4.69) is 24.5 Å². The van der Waals surface area contributed by atoms with Gasteiger partial charge in [-0.2, -0.15) is 0 Å². The summed E-state index contributed by atoms with van der Waals surface area (Å²) in [5.41, 5.74) is 0. The second-order valence-corrected chi connectivity index (χ2v) is 31.3. The van der Waals surface area contributed by atoms with Gasteiger partial charge in [-0.1, -0.05) is 206 Å². The van der Waals surface area contributed by atoms with E-state index in [1.54, 1.807) is 6.08 Å². The molecule has 12 unspecified atom stereocenters. The lowest BCUT2D eigenvalue weighted by atomic mass is 9.94. The third kappa shape index (κ3) is 30.3. The van der Waals surface area contributed by atoms with Crippen LogP contribution in [0.5, 0.6) is 0 Å². The molecule has 0 spiro atoms. The number of aliphatic hydroxyl groups excluding tert-OH is 18. The summed E-state index contributed by atoms with van der Waals surface area (Å²) in [7, 11) is 0. The first-order chi connectivity index (χ1) is 53.9. The SMILES string of the molecule is CCCCCCCCCCCCC/C=C/[C@@H](O)[C@H](CO[C@@H]1OC(CO)[C@@H](O[C@@H]2OC(CO)[C@H](O)[C@H](O[C@@H]3OC(CO)[C@@H](O)[C@H](O[C@@H]4OC(CO)[C@H](O)[C@H](O[C@H]5OC(CO)[C@H](O)[C@H](O)C5O)C4O[C@H]4OC(C)[C@@H](O)C(O)[C@@H]4O)C3NC(C)=O)C2O)[C@H](O)C1O)NC(=O)CCCCCCCCCCCCCCCCCCCCC. The summed E-state index contributed by atoms with van der Waals surface area (Å²) >= 11 is 0. The molecule has 0 bridgehead atoms. The standard InChI is InChI=1S/C78H142N2O32/c1-5-7-9-11-13-15-17-19-20-21-22-23-24-26-28-30-32-34-36-38-54(88)80-47(48(87)37-35-33-31-29-27-25-18-16-14-12-10-8-6-2)44-101-74-66(99)63(96)68(53(43-85)107-74)108-77-67(100)70(59(92)51(41-83)105-77)110-73-55(79-46(4)86)69(58(91)50(40-82)103-73)109-78-72(112-75-64(97)61(94)56(89)45(3)102-75)71(60(93)52(42-84)106-78)111-76-65(98)62(95)57(90)49(39-81)104-76/h35,37,45,47-53,55-78,81-85,87,89-100H,5-34,36,38-44H2,1-4H3,(H,79,86)(H,80,88)/b37-35+/t45?,47-,48+,49?,50?,51?,52?,53?,55?,56+,57-,58+,59-,60-,61?,62-,63+,64-,65?,66?,67?,68+,69+,70-,71-,72?,73-,74+,75+,76+,77-,78-/m0/s1. The smallest absolute Gasteiger partial charge is 0.220 e. The number of nitrogens with one attached hydrogen (secondary N) is 2. The van der Waals surface area contributed by atoms with Crippen LogP contribution in [-0.2, 0) is 66.4 Å². The highest BCUT2D eigenvalue weighted by molar-refractivity contribution is 5.76. The summed E-state index contributed by atoms with van der Waals surface area (Å²) in [4.78, 5) is 26.9. The number of rotatable bonds is 54. The van der Waals surface area contributed by atoms with Crippen molar-refractivity contribution in [2.75, 3.05) is 39.6 Å². The third-order valence-electron chi connectivity index (χ3n) is 22.3. The molecule has 20 N–H and O–H groups in total. The van der Waals surface area contributed by atoms with Crippen LogP contribution in [0.1, 0.15) is 233 Å². The molecule has 32 atom stereocenters. The van der Waals surface area contributed by atoms with Gasteiger partial charge in [-0.05, 0) is 26.2 Å². The fourth-order valence-electron chi connectivity index (χ4n) is 15.3. The quantitative estimate of drug-likeness (QED) is 0.0282. The molecule has 34 heteroatoms. The van der Waals surface area contributed by atoms with Crippen LogP contribution in [0.2, 0.25) is 0 Å². The molecule has 112 heavy (non-hydrogen) atoms. The van der Waals surface area contributed by atoms with Crippen LogP contribution in [0.3, 0.4) is 0 Å². The van der Waals surface area contributed by atoms with Crippen molar-refractivity contribution >= 4 is 11.8 Å². The summed E-state index contributed by atoms with van der Waals surface area (Å²) in [5.74, 6) is -1.25. The predicted octanol–water partition coefficient (Wildman–Crippen LogP) is 0.0202. The van der Waals surface area contributed by atoms with E-state index in [-0.39, 0.29) is 12.3 Å². The van der Waals surface area contributed by atoms with Gasteiger partial charge in [0.1, 0.15) is 140 Å².